The highest BCUT2D eigenvalue weighted by molar-refractivity contribution is 7.89. The maximum Gasteiger partial charge on any atom is 0.258 e. The molecular weight excluding hydrogens is 438 g/mol. The van der Waals surface area contributed by atoms with Crippen molar-refractivity contribution in [1.29, 1.82) is 0 Å². The minimum atomic E-state index is -3.57. The van der Waals surface area contributed by atoms with Gasteiger partial charge >= 0.3 is 0 Å². The minimum Gasteiger partial charge on any atom is -0.378 e. The van der Waals surface area contributed by atoms with E-state index in [1.807, 2.05) is 24.3 Å². The Bertz CT molecular complexity index is 1020. The van der Waals surface area contributed by atoms with Crippen molar-refractivity contribution in [1.82, 2.24) is 4.72 Å². The van der Waals surface area contributed by atoms with Crippen LogP contribution < -0.4 is 14.5 Å². The maximum absolute atomic E-state index is 13.0. The van der Waals surface area contributed by atoms with Gasteiger partial charge < -0.3 is 14.5 Å². The van der Waals surface area contributed by atoms with E-state index in [1.54, 1.807) is 36.2 Å². The monoisotopic (exact) mass is 471 g/mol. The number of rotatable bonds is 6. The summed E-state index contributed by atoms with van der Waals surface area (Å²) >= 11 is 0. The van der Waals surface area contributed by atoms with Gasteiger partial charge in [-0.2, -0.15) is 0 Å². The van der Waals surface area contributed by atoms with Gasteiger partial charge in [0.15, 0.2) is 0 Å². The molecule has 0 unspecified atom stereocenters. The summed E-state index contributed by atoms with van der Waals surface area (Å²) in [6, 6.07) is 14.1. The van der Waals surface area contributed by atoms with E-state index in [9.17, 15) is 13.2 Å². The van der Waals surface area contributed by atoms with Gasteiger partial charge in [-0.25, -0.2) is 13.1 Å². The van der Waals surface area contributed by atoms with Gasteiger partial charge in [0, 0.05) is 43.1 Å². The lowest BCUT2D eigenvalue weighted by atomic mass is 10.1. The zero-order valence-electron chi connectivity index (χ0n) is 19.2. The summed E-state index contributed by atoms with van der Waals surface area (Å²) in [6.45, 7) is 3.12. The van der Waals surface area contributed by atoms with Crippen LogP contribution in [0.2, 0.25) is 0 Å². The molecule has 33 heavy (non-hydrogen) atoms. The van der Waals surface area contributed by atoms with Crippen LogP contribution in [0.25, 0.3) is 0 Å². The minimum absolute atomic E-state index is 0.00172. The van der Waals surface area contributed by atoms with Gasteiger partial charge in [0.05, 0.1) is 18.1 Å². The predicted molar refractivity (Wildman–Crippen MR) is 130 cm³/mol. The Morgan fingerprint density at radius 1 is 0.939 bits per heavy atom. The summed E-state index contributed by atoms with van der Waals surface area (Å²) in [5, 5.41) is 0. The van der Waals surface area contributed by atoms with Crippen molar-refractivity contribution in [2.75, 3.05) is 43.2 Å². The molecule has 0 aromatic heterocycles. The smallest absolute Gasteiger partial charge is 0.258 e. The van der Waals surface area contributed by atoms with Crippen LogP contribution in [0.4, 0.5) is 11.4 Å². The zero-order valence-corrected chi connectivity index (χ0v) is 20.0. The Balaban J connectivity index is 1.40. The number of amides is 1. The Hall–Kier alpha value is -2.42. The number of morpholine rings is 1. The molecule has 2 fully saturated rings. The number of hydrogen-bond donors (Lipinski definition) is 1. The average molecular weight is 472 g/mol. The van der Waals surface area contributed by atoms with Crippen molar-refractivity contribution in [2.45, 2.75) is 49.5 Å². The maximum atomic E-state index is 13.0. The number of carbonyl (C=O) groups is 1. The second-order valence-corrected chi connectivity index (χ2v) is 10.5. The molecule has 4 rings (SSSR count). The van der Waals surface area contributed by atoms with Crippen LogP contribution in [0, 0.1) is 0 Å². The predicted octanol–water partition coefficient (Wildman–Crippen LogP) is 3.80. The first-order chi connectivity index (χ1) is 15.9. The van der Waals surface area contributed by atoms with Crippen LogP contribution in [-0.2, 0) is 14.8 Å². The third-order valence-electron chi connectivity index (χ3n) is 6.51. The van der Waals surface area contributed by atoms with Crippen molar-refractivity contribution in [3.05, 3.63) is 54.1 Å². The number of hydrogen-bond acceptors (Lipinski definition) is 5. The van der Waals surface area contributed by atoms with Gasteiger partial charge in [0.2, 0.25) is 10.0 Å². The summed E-state index contributed by atoms with van der Waals surface area (Å²) in [5.41, 5.74) is 2.31. The molecule has 1 heterocycles. The number of anilines is 2. The molecule has 0 spiro atoms. The molecule has 1 amide bonds. The quantitative estimate of drug-likeness (QED) is 0.649. The molecule has 2 aromatic rings. The lowest BCUT2D eigenvalue weighted by Crippen LogP contribution is -2.36. The highest BCUT2D eigenvalue weighted by Crippen LogP contribution is 2.23. The Kier molecular flexibility index (Phi) is 7.67. The Morgan fingerprint density at radius 2 is 1.55 bits per heavy atom. The molecule has 1 aliphatic heterocycles. The first kappa shape index (κ1) is 23.7. The molecule has 1 N–H and O–H groups in total. The number of carbonyl (C=O) groups excluding carboxylic acids is 1. The van der Waals surface area contributed by atoms with E-state index < -0.39 is 10.0 Å². The van der Waals surface area contributed by atoms with Gasteiger partial charge in [-0.15, -0.1) is 0 Å². The zero-order chi connectivity index (χ0) is 23.3. The van der Waals surface area contributed by atoms with Crippen LogP contribution in [0.5, 0.6) is 0 Å². The highest BCUT2D eigenvalue weighted by atomic mass is 32.2. The van der Waals surface area contributed by atoms with Crippen molar-refractivity contribution in [3.63, 3.8) is 0 Å². The fraction of sp³-hybridized carbons (Fsp3) is 0.480. The molecule has 1 saturated carbocycles. The Labute approximate surface area is 196 Å². The van der Waals surface area contributed by atoms with Gasteiger partial charge in [0.1, 0.15) is 0 Å². The van der Waals surface area contributed by atoms with E-state index in [4.69, 9.17) is 4.74 Å². The van der Waals surface area contributed by atoms with E-state index in [-0.39, 0.29) is 16.8 Å². The fourth-order valence-electron chi connectivity index (χ4n) is 4.48. The summed E-state index contributed by atoms with van der Waals surface area (Å²) in [6.07, 6.45) is 6.24. The van der Waals surface area contributed by atoms with E-state index in [0.29, 0.717) is 24.5 Å². The normalized spacial score (nSPS) is 18.0. The van der Waals surface area contributed by atoms with Crippen LogP contribution in [0.3, 0.4) is 0 Å². The molecule has 2 aromatic carbocycles. The lowest BCUT2D eigenvalue weighted by molar-refractivity contribution is 0.0993. The SMILES string of the molecule is CN(C(=O)c1ccc(N2CCOCC2)cc1)c1ccc(S(=O)(=O)NC2CCCCCC2)cc1. The summed E-state index contributed by atoms with van der Waals surface area (Å²) in [5.74, 6) is -0.143. The second kappa shape index (κ2) is 10.7. The van der Waals surface area contributed by atoms with Gasteiger partial charge in [-0.05, 0) is 61.4 Å². The van der Waals surface area contributed by atoms with Gasteiger partial charge in [-0.1, -0.05) is 25.7 Å². The number of nitrogens with zero attached hydrogens (tertiary/aromatic N) is 2. The number of ether oxygens (including phenoxy) is 1. The third kappa shape index (κ3) is 5.93. The molecule has 8 heteroatoms. The first-order valence-electron chi connectivity index (χ1n) is 11.8. The van der Waals surface area contributed by atoms with Crippen LogP contribution >= 0.6 is 0 Å². The van der Waals surface area contributed by atoms with Crippen molar-refractivity contribution in [3.8, 4) is 0 Å². The Morgan fingerprint density at radius 3 is 2.15 bits per heavy atom. The summed E-state index contributed by atoms with van der Waals surface area (Å²) < 4.78 is 33.9. The molecule has 0 atom stereocenters. The summed E-state index contributed by atoms with van der Waals surface area (Å²) in [7, 11) is -1.87. The number of sulfonamides is 1. The summed E-state index contributed by atoms with van der Waals surface area (Å²) in [4.78, 5) is 17.0. The molecule has 7 nitrogen and oxygen atoms in total. The highest BCUT2D eigenvalue weighted by Gasteiger charge is 2.22. The standard InChI is InChI=1S/C25H33N3O4S/c1-27(25(29)20-8-10-23(11-9-20)28-16-18-32-19-17-28)22-12-14-24(15-13-22)33(30,31)26-21-6-4-2-3-5-7-21/h8-15,21,26H,2-7,16-19H2,1H3. The van der Waals surface area contributed by atoms with Crippen LogP contribution in [0.1, 0.15) is 48.9 Å². The van der Waals surface area contributed by atoms with Gasteiger partial charge in [0.25, 0.3) is 5.91 Å². The first-order valence-corrected chi connectivity index (χ1v) is 13.3. The second-order valence-electron chi connectivity index (χ2n) is 8.81. The molecule has 178 valence electrons. The topological polar surface area (TPSA) is 79.0 Å². The van der Waals surface area contributed by atoms with Crippen molar-refractivity contribution >= 4 is 27.3 Å². The van der Waals surface area contributed by atoms with Crippen molar-refractivity contribution in [2.24, 2.45) is 0 Å². The number of benzene rings is 2. The molecule has 2 aliphatic rings. The molecule has 1 saturated heterocycles. The van der Waals surface area contributed by atoms with E-state index in [1.165, 1.54) is 12.8 Å². The third-order valence-corrected chi connectivity index (χ3v) is 8.04. The number of nitrogens with one attached hydrogen (secondary N) is 1. The molecule has 0 bridgehead atoms. The fourth-order valence-corrected chi connectivity index (χ4v) is 5.79. The van der Waals surface area contributed by atoms with Gasteiger partial charge in [-0.3, -0.25) is 4.79 Å². The average Bonchev–Trinajstić information content (AvgIpc) is 3.12. The van der Waals surface area contributed by atoms with E-state index in [0.717, 1.165) is 44.5 Å². The molecule has 1 aliphatic carbocycles. The van der Waals surface area contributed by atoms with Crippen LogP contribution in [-0.4, -0.2) is 53.7 Å². The van der Waals surface area contributed by atoms with E-state index in [2.05, 4.69) is 9.62 Å². The molecular formula is C25H33N3O4S. The van der Waals surface area contributed by atoms with Crippen molar-refractivity contribution < 1.29 is 17.9 Å². The van der Waals surface area contributed by atoms with E-state index >= 15 is 0 Å². The lowest BCUT2D eigenvalue weighted by Gasteiger charge is -2.29. The van der Waals surface area contributed by atoms with Crippen LogP contribution in [0.15, 0.2) is 53.4 Å². The molecule has 0 radical (unpaired) electrons. The largest absolute Gasteiger partial charge is 0.378 e.